The van der Waals surface area contributed by atoms with Crippen LogP contribution in [0.15, 0.2) is 66.7 Å². The summed E-state index contributed by atoms with van der Waals surface area (Å²) in [5.41, 5.74) is 6.78. The monoisotopic (exact) mass is 773 g/mol. The van der Waals surface area contributed by atoms with Gasteiger partial charge in [-0.25, -0.2) is 4.98 Å². The van der Waals surface area contributed by atoms with Crippen LogP contribution in [0.25, 0.3) is 22.2 Å². The Hall–Kier alpha value is -4.74. The molecular weight excluding hydrogens is 723 g/mol. The first kappa shape index (κ1) is 39.5. The topological polar surface area (TPSA) is 138 Å². The fourth-order valence-corrected chi connectivity index (χ4v) is 9.28. The molecule has 0 radical (unpaired) electrons. The molecule has 3 aromatic rings. The molecule has 8 atom stereocenters. The largest absolute Gasteiger partial charge is 0.497 e. The van der Waals surface area contributed by atoms with E-state index >= 15 is 0 Å². The van der Waals surface area contributed by atoms with Crippen LogP contribution in [0.3, 0.4) is 0 Å². The maximum Gasteiger partial charge on any atom is 0.391 e. The van der Waals surface area contributed by atoms with Gasteiger partial charge in [0.2, 0.25) is 11.8 Å². The van der Waals surface area contributed by atoms with Crippen molar-refractivity contribution < 1.29 is 41.8 Å². The molecule has 0 saturated heterocycles. The summed E-state index contributed by atoms with van der Waals surface area (Å²) < 4.78 is 53.3. The van der Waals surface area contributed by atoms with Gasteiger partial charge in [-0.1, -0.05) is 61.7 Å². The summed E-state index contributed by atoms with van der Waals surface area (Å²) in [6, 6.07) is 16.9. The Bertz CT molecular complexity index is 1990. The van der Waals surface area contributed by atoms with Crippen LogP contribution in [-0.2, 0) is 19.2 Å². The average molecular weight is 774 g/mol. The van der Waals surface area contributed by atoms with Gasteiger partial charge in [-0.15, -0.1) is 0 Å². The zero-order valence-corrected chi connectivity index (χ0v) is 31.7. The van der Waals surface area contributed by atoms with E-state index in [0.717, 1.165) is 24.8 Å². The Morgan fingerprint density at radius 2 is 1.73 bits per heavy atom. The molecule has 3 fully saturated rings. The quantitative estimate of drug-likeness (QED) is 0.221. The second-order valence-electron chi connectivity index (χ2n) is 16.3. The normalized spacial score (nSPS) is 30.0. The van der Waals surface area contributed by atoms with E-state index in [2.05, 4.69) is 5.32 Å². The third kappa shape index (κ3) is 8.49. The zero-order valence-electron chi connectivity index (χ0n) is 31.7. The molecule has 12 heteroatoms. The lowest BCUT2D eigenvalue weighted by Crippen LogP contribution is -2.51. The number of primary amides is 1. The first-order valence-electron chi connectivity index (χ1n) is 20.0. The number of allylic oxidation sites excluding steroid dienone is 1. The number of nitrogens with zero attached hydrogens (tertiary/aromatic N) is 1. The molecule has 3 aliphatic carbocycles. The molecule has 3 saturated carbocycles. The molecule has 3 N–H and O–H groups in total. The number of nitrogens with two attached hydrogens (primary N) is 1. The Morgan fingerprint density at radius 3 is 2.48 bits per heavy atom. The van der Waals surface area contributed by atoms with Crippen LogP contribution in [0, 0.1) is 35.5 Å². The Morgan fingerprint density at radius 1 is 0.946 bits per heavy atom. The lowest BCUT2D eigenvalue weighted by atomic mass is 9.74. The SMILES string of the molecule is COc1ccc2c(O[C@H]3CC4C(=O)[C@@H](CC(=O)C5CCCC(C(F)(F)F)C5)CCCCCC=C[C@@H]5C[C@@]5(C(N)=O)NC(=O)[C@@H]4C3)cc(-c3ccccc3)nc2c1. The minimum absolute atomic E-state index is 0.00510. The van der Waals surface area contributed by atoms with Crippen LogP contribution in [0.5, 0.6) is 11.5 Å². The third-order valence-electron chi connectivity index (χ3n) is 12.6. The molecule has 0 spiro atoms. The molecule has 2 aromatic carbocycles. The number of carbonyl (C=O) groups excluding carboxylic acids is 4. The van der Waals surface area contributed by atoms with E-state index in [-0.39, 0.29) is 49.6 Å². The maximum atomic E-state index is 14.8. The average Bonchev–Trinajstić information content (AvgIpc) is 3.73. The van der Waals surface area contributed by atoms with Crippen molar-refractivity contribution >= 4 is 34.3 Å². The standard InChI is InChI=1S/C44H50F3N3O6/c1-55-31-17-18-33-37(23-31)49-36(26-11-7-5-8-12-26)24-39(33)56-32-21-34-35(22-32)41(53)50-43(42(48)54)25-30(43)15-9-4-2-3-6-13-28(40(34)52)20-38(51)27-14-10-16-29(19-27)44(45,46)47/h5,7-9,11-12,15,17-18,23-24,27-30,32,34-35H,2-4,6,10,13-14,16,19-22,25H2,1H3,(H2,48,54)(H,50,53)/t27?,28-,29?,30-,32+,34?,35-,43-/m1/s1. The highest BCUT2D eigenvalue weighted by atomic mass is 19.4. The molecule has 9 nitrogen and oxygen atoms in total. The van der Waals surface area contributed by atoms with E-state index in [1.54, 1.807) is 13.2 Å². The van der Waals surface area contributed by atoms with E-state index in [4.69, 9.17) is 20.2 Å². The fourth-order valence-electron chi connectivity index (χ4n) is 9.28. The first-order chi connectivity index (χ1) is 26.9. The number of pyridine rings is 1. The zero-order chi connectivity index (χ0) is 39.6. The smallest absolute Gasteiger partial charge is 0.391 e. The summed E-state index contributed by atoms with van der Waals surface area (Å²) in [5.74, 6) is -5.59. The number of methoxy groups -OCH3 is 1. The van der Waals surface area contributed by atoms with Crippen LogP contribution in [0.4, 0.5) is 13.2 Å². The number of aromatic nitrogens is 1. The minimum atomic E-state index is -4.37. The van der Waals surface area contributed by atoms with Crippen molar-refractivity contribution in [2.75, 3.05) is 7.11 Å². The Labute approximate surface area is 325 Å². The van der Waals surface area contributed by atoms with Crippen LogP contribution in [-0.4, -0.2) is 53.3 Å². The summed E-state index contributed by atoms with van der Waals surface area (Å²) >= 11 is 0. The lowest BCUT2D eigenvalue weighted by molar-refractivity contribution is -0.186. The van der Waals surface area contributed by atoms with Crippen LogP contribution in [0.2, 0.25) is 0 Å². The number of benzene rings is 2. The van der Waals surface area contributed by atoms with Gasteiger partial charge in [0.15, 0.2) is 0 Å². The molecule has 1 aromatic heterocycles. The second-order valence-corrected chi connectivity index (χ2v) is 16.3. The lowest BCUT2D eigenvalue weighted by Gasteiger charge is -2.31. The number of Topliss-reactive ketones (excluding diaryl/α,β-unsaturated/α-hetero) is 2. The fraction of sp³-hybridized carbons (Fsp3) is 0.523. The molecule has 2 amide bonds. The van der Waals surface area contributed by atoms with Crippen molar-refractivity contribution in [3.63, 3.8) is 0 Å². The summed E-state index contributed by atoms with van der Waals surface area (Å²) in [6.45, 7) is 0. The molecule has 2 heterocycles. The van der Waals surface area contributed by atoms with Gasteiger partial charge >= 0.3 is 6.18 Å². The highest BCUT2D eigenvalue weighted by Crippen LogP contribution is 2.47. The molecular formula is C44H50F3N3O6. The number of carbonyl (C=O) groups is 4. The summed E-state index contributed by atoms with van der Waals surface area (Å²) in [7, 11) is 1.57. The molecule has 298 valence electrons. The van der Waals surface area contributed by atoms with Gasteiger partial charge in [-0.05, 0) is 69.9 Å². The van der Waals surface area contributed by atoms with Crippen molar-refractivity contribution in [2.24, 2.45) is 41.2 Å². The number of fused-ring (bicyclic) bond motifs is 3. The van der Waals surface area contributed by atoms with Crippen molar-refractivity contribution in [3.05, 3.63) is 66.7 Å². The number of ether oxygens (including phenoxy) is 2. The molecule has 7 rings (SSSR count). The number of rotatable bonds is 8. The van der Waals surface area contributed by atoms with Gasteiger partial charge in [0, 0.05) is 53.2 Å². The van der Waals surface area contributed by atoms with E-state index in [9.17, 15) is 32.3 Å². The van der Waals surface area contributed by atoms with Crippen molar-refractivity contribution in [1.82, 2.24) is 10.3 Å². The van der Waals surface area contributed by atoms with Gasteiger partial charge < -0.3 is 20.5 Å². The molecule has 56 heavy (non-hydrogen) atoms. The summed E-state index contributed by atoms with van der Waals surface area (Å²) in [5, 5.41) is 3.65. The summed E-state index contributed by atoms with van der Waals surface area (Å²) in [6.07, 6.45) is 3.32. The molecule has 4 aliphatic rings. The maximum absolute atomic E-state index is 14.8. The minimum Gasteiger partial charge on any atom is -0.497 e. The van der Waals surface area contributed by atoms with E-state index < -0.39 is 59.2 Å². The van der Waals surface area contributed by atoms with Gasteiger partial charge in [-0.3, -0.25) is 19.2 Å². The number of hydrogen-bond acceptors (Lipinski definition) is 7. The van der Waals surface area contributed by atoms with E-state index in [1.165, 1.54) is 0 Å². The van der Waals surface area contributed by atoms with Crippen LogP contribution in [0.1, 0.15) is 83.5 Å². The predicted molar refractivity (Wildman–Crippen MR) is 204 cm³/mol. The van der Waals surface area contributed by atoms with E-state index in [1.807, 2.05) is 60.7 Å². The first-order valence-corrected chi connectivity index (χ1v) is 20.0. The van der Waals surface area contributed by atoms with Crippen molar-refractivity contribution in [2.45, 2.75) is 101 Å². The van der Waals surface area contributed by atoms with Crippen LogP contribution < -0.4 is 20.5 Å². The van der Waals surface area contributed by atoms with Gasteiger partial charge in [-0.2, -0.15) is 13.2 Å². The number of ketones is 2. The Kier molecular flexibility index (Phi) is 11.6. The highest BCUT2D eigenvalue weighted by Gasteiger charge is 2.60. The third-order valence-corrected chi connectivity index (χ3v) is 12.6. The predicted octanol–water partition coefficient (Wildman–Crippen LogP) is 8.08. The molecule has 1 aliphatic heterocycles. The van der Waals surface area contributed by atoms with Gasteiger partial charge in [0.05, 0.1) is 30.2 Å². The molecule has 3 unspecified atom stereocenters. The second kappa shape index (κ2) is 16.4. The van der Waals surface area contributed by atoms with Crippen molar-refractivity contribution in [1.29, 1.82) is 0 Å². The number of hydrogen-bond donors (Lipinski definition) is 2. The van der Waals surface area contributed by atoms with E-state index in [0.29, 0.717) is 60.2 Å². The number of alkyl halides is 3. The number of amides is 2. The highest BCUT2D eigenvalue weighted by molar-refractivity contribution is 5.98. The molecule has 0 bridgehead atoms. The number of halogens is 3. The number of nitrogens with one attached hydrogen (secondary N) is 1. The van der Waals surface area contributed by atoms with Crippen molar-refractivity contribution in [3.8, 4) is 22.8 Å². The van der Waals surface area contributed by atoms with Crippen LogP contribution >= 0.6 is 0 Å². The van der Waals surface area contributed by atoms with Gasteiger partial charge in [0.1, 0.15) is 34.7 Å². The summed E-state index contributed by atoms with van der Waals surface area (Å²) in [4.78, 5) is 60.5. The van der Waals surface area contributed by atoms with Gasteiger partial charge in [0.25, 0.3) is 0 Å². The Balaban J connectivity index is 1.20.